The highest BCUT2D eigenvalue weighted by molar-refractivity contribution is 14.1. The molecule has 3 heterocycles. The normalized spacial score (nSPS) is 22.1. The predicted molar refractivity (Wildman–Crippen MR) is 90.1 cm³/mol. The number of imidazole rings is 1. The van der Waals surface area contributed by atoms with E-state index in [2.05, 4.69) is 38.0 Å². The number of hydrogen-bond acceptors (Lipinski definition) is 6. The van der Waals surface area contributed by atoms with Gasteiger partial charge in [-0.1, -0.05) is 11.6 Å². The van der Waals surface area contributed by atoms with Crippen molar-refractivity contribution in [3.05, 3.63) is 21.1 Å². The molecule has 0 radical (unpaired) electrons. The minimum absolute atomic E-state index is 0.295. The SMILES string of the molecule is CC1(C)OCC([C@@H](O)CNc2cc(Cl)nn3c(I)cnc23)O1. The molecule has 0 bridgehead atoms. The number of anilines is 1. The molecular formula is C13H16ClIN4O3. The summed E-state index contributed by atoms with van der Waals surface area (Å²) >= 11 is 8.15. The highest BCUT2D eigenvalue weighted by atomic mass is 127. The van der Waals surface area contributed by atoms with Gasteiger partial charge in [0.15, 0.2) is 16.6 Å². The number of aliphatic hydroxyl groups is 1. The average molecular weight is 439 g/mol. The lowest BCUT2D eigenvalue weighted by Crippen LogP contribution is -2.35. The molecule has 1 unspecified atom stereocenters. The van der Waals surface area contributed by atoms with E-state index in [0.29, 0.717) is 29.6 Å². The van der Waals surface area contributed by atoms with Gasteiger partial charge in [-0.3, -0.25) is 0 Å². The lowest BCUT2D eigenvalue weighted by molar-refractivity contribution is -0.149. The van der Waals surface area contributed by atoms with Crippen molar-refractivity contribution in [1.82, 2.24) is 14.6 Å². The van der Waals surface area contributed by atoms with Gasteiger partial charge in [-0.25, -0.2) is 9.50 Å². The predicted octanol–water partition coefficient (Wildman–Crippen LogP) is 1.91. The van der Waals surface area contributed by atoms with Crippen molar-refractivity contribution in [3.63, 3.8) is 0 Å². The van der Waals surface area contributed by atoms with Crippen LogP contribution in [0.5, 0.6) is 0 Å². The lowest BCUT2D eigenvalue weighted by atomic mass is 10.2. The fourth-order valence-electron chi connectivity index (χ4n) is 2.29. The van der Waals surface area contributed by atoms with Gasteiger partial charge in [0.1, 0.15) is 9.80 Å². The summed E-state index contributed by atoms with van der Waals surface area (Å²) < 4.78 is 13.6. The third-order valence-electron chi connectivity index (χ3n) is 3.36. The standard InChI is InChI=1S/C13H16ClIN4O3/c1-13(2)21-6-9(22-13)8(20)4-16-7-3-10(14)18-19-11(15)5-17-12(7)19/h3,5,8-9,16,20H,4,6H2,1-2H3/t8-,9?/m0/s1. The molecule has 1 aliphatic rings. The van der Waals surface area contributed by atoms with Crippen LogP contribution in [0.1, 0.15) is 13.8 Å². The molecule has 2 atom stereocenters. The fraction of sp³-hybridized carbons (Fsp3) is 0.538. The monoisotopic (exact) mass is 438 g/mol. The molecule has 2 aromatic heterocycles. The summed E-state index contributed by atoms with van der Waals surface area (Å²) in [5.41, 5.74) is 1.37. The Balaban J connectivity index is 1.71. The first kappa shape index (κ1) is 16.2. The Morgan fingerprint density at radius 1 is 1.64 bits per heavy atom. The van der Waals surface area contributed by atoms with Crippen LogP contribution in [0.4, 0.5) is 5.69 Å². The lowest BCUT2D eigenvalue weighted by Gasteiger charge is -2.21. The molecule has 0 saturated carbocycles. The maximum absolute atomic E-state index is 10.2. The first-order valence-electron chi connectivity index (χ1n) is 6.79. The van der Waals surface area contributed by atoms with E-state index in [-0.39, 0.29) is 6.10 Å². The van der Waals surface area contributed by atoms with Gasteiger partial charge in [0.2, 0.25) is 0 Å². The number of hydrogen-bond donors (Lipinski definition) is 2. The van der Waals surface area contributed by atoms with Crippen LogP contribution >= 0.6 is 34.2 Å². The Labute approximate surface area is 146 Å². The Hall–Kier alpha value is -0.680. The first-order valence-corrected chi connectivity index (χ1v) is 8.25. The van der Waals surface area contributed by atoms with Crippen LogP contribution < -0.4 is 5.32 Å². The second kappa shape index (κ2) is 6.08. The van der Waals surface area contributed by atoms with Crippen LogP contribution in [0.25, 0.3) is 5.65 Å². The number of rotatable bonds is 4. The van der Waals surface area contributed by atoms with Crippen LogP contribution in [0, 0.1) is 3.70 Å². The van der Waals surface area contributed by atoms with E-state index in [0.717, 1.165) is 3.70 Å². The van der Waals surface area contributed by atoms with E-state index in [1.165, 1.54) is 0 Å². The van der Waals surface area contributed by atoms with Crippen LogP contribution in [0.15, 0.2) is 12.3 Å². The van der Waals surface area contributed by atoms with E-state index in [1.54, 1.807) is 16.8 Å². The second-order valence-corrected chi connectivity index (χ2v) is 7.00. The summed E-state index contributed by atoms with van der Waals surface area (Å²) in [5, 5.41) is 17.9. The van der Waals surface area contributed by atoms with Gasteiger partial charge in [0.05, 0.1) is 24.6 Å². The number of nitrogens with one attached hydrogen (secondary N) is 1. The Morgan fingerprint density at radius 2 is 2.41 bits per heavy atom. The molecule has 1 aliphatic heterocycles. The van der Waals surface area contributed by atoms with Gasteiger partial charge < -0.3 is 19.9 Å². The van der Waals surface area contributed by atoms with Gasteiger partial charge >= 0.3 is 0 Å². The molecule has 0 spiro atoms. The van der Waals surface area contributed by atoms with Gasteiger partial charge in [0.25, 0.3) is 0 Å². The second-order valence-electron chi connectivity index (χ2n) is 5.51. The fourth-order valence-corrected chi connectivity index (χ4v) is 2.95. The molecule has 0 aliphatic carbocycles. The minimum atomic E-state index is -0.706. The first-order chi connectivity index (χ1) is 10.4. The Bertz CT molecular complexity index is 693. The molecule has 7 nitrogen and oxygen atoms in total. The molecule has 0 amide bonds. The van der Waals surface area contributed by atoms with Gasteiger partial charge in [-0.15, -0.1) is 0 Å². The molecule has 2 N–H and O–H groups in total. The molecule has 0 aromatic carbocycles. The van der Waals surface area contributed by atoms with Crippen LogP contribution in [0.2, 0.25) is 5.15 Å². The molecular weight excluding hydrogens is 423 g/mol. The average Bonchev–Trinajstić information content (AvgIpc) is 2.99. The third-order valence-corrected chi connectivity index (χ3v) is 4.28. The zero-order valence-electron chi connectivity index (χ0n) is 12.1. The minimum Gasteiger partial charge on any atom is -0.388 e. The zero-order chi connectivity index (χ0) is 15.9. The van der Waals surface area contributed by atoms with Crippen molar-refractivity contribution < 1.29 is 14.6 Å². The molecule has 2 aromatic rings. The molecule has 22 heavy (non-hydrogen) atoms. The molecule has 1 fully saturated rings. The number of nitrogens with zero attached hydrogens (tertiary/aromatic N) is 3. The summed E-state index contributed by atoms with van der Waals surface area (Å²) in [6, 6.07) is 1.68. The van der Waals surface area contributed by atoms with Crippen molar-refractivity contribution in [1.29, 1.82) is 0 Å². The van der Waals surface area contributed by atoms with Crippen molar-refractivity contribution in [3.8, 4) is 0 Å². The molecule has 9 heteroatoms. The molecule has 3 rings (SSSR count). The Morgan fingerprint density at radius 3 is 3.09 bits per heavy atom. The van der Waals surface area contributed by atoms with Gasteiger partial charge in [-0.05, 0) is 36.4 Å². The number of ether oxygens (including phenoxy) is 2. The highest BCUT2D eigenvalue weighted by Crippen LogP contribution is 2.25. The zero-order valence-corrected chi connectivity index (χ0v) is 15.0. The molecule has 120 valence electrons. The number of fused-ring (bicyclic) bond motifs is 1. The summed E-state index contributed by atoms with van der Waals surface area (Å²) in [5.74, 6) is -0.655. The quantitative estimate of drug-likeness (QED) is 0.710. The maximum Gasteiger partial charge on any atom is 0.178 e. The van der Waals surface area contributed by atoms with Gasteiger partial charge in [0, 0.05) is 12.6 Å². The molecule has 1 saturated heterocycles. The van der Waals surface area contributed by atoms with E-state index >= 15 is 0 Å². The summed E-state index contributed by atoms with van der Waals surface area (Å²) in [6.45, 7) is 4.31. The van der Waals surface area contributed by atoms with Crippen LogP contribution in [0.3, 0.4) is 0 Å². The van der Waals surface area contributed by atoms with E-state index in [4.69, 9.17) is 21.1 Å². The van der Waals surface area contributed by atoms with Crippen LogP contribution in [-0.4, -0.2) is 50.9 Å². The van der Waals surface area contributed by atoms with Gasteiger partial charge in [-0.2, -0.15) is 5.10 Å². The van der Waals surface area contributed by atoms with Crippen molar-refractivity contribution >= 4 is 45.5 Å². The van der Waals surface area contributed by atoms with Crippen molar-refractivity contribution in [2.24, 2.45) is 0 Å². The largest absolute Gasteiger partial charge is 0.388 e. The number of halogens is 2. The van der Waals surface area contributed by atoms with Crippen molar-refractivity contribution in [2.75, 3.05) is 18.5 Å². The van der Waals surface area contributed by atoms with Crippen LogP contribution in [-0.2, 0) is 9.47 Å². The Kier molecular flexibility index (Phi) is 4.47. The van der Waals surface area contributed by atoms with Crippen molar-refractivity contribution in [2.45, 2.75) is 31.8 Å². The topological polar surface area (TPSA) is 80.9 Å². The third kappa shape index (κ3) is 3.30. The smallest absolute Gasteiger partial charge is 0.178 e. The summed E-state index contributed by atoms with van der Waals surface area (Å²) in [7, 11) is 0. The van der Waals surface area contributed by atoms with E-state index in [9.17, 15) is 5.11 Å². The summed E-state index contributed by atoms with van der Waals surface area (Å²) in [6.07, 6.45) is 0.635. The van der Waals surface area contributed by atoms with E-state index in [1.807, 2.05) is 13.8 Å². The van der Waals surface area contributed by atoms with E-state index < -0.39 is 11.9 Å². The maximum atomic E-state index is 10.2. The highest BCUT2D eigenvalue weighted by Gasteiger charge is 2.36. The number of aromatic nitrogens is 3. The number of aliphatic hydroxyl groups excluding tert-OH is 1. The summed E-state index contributed by atoms with van der Waals surface area (Å²) in [4.78, 5) is 4.29.